The van der Waals surface area contributed by atoms with Gasteiger partial charge in [-0.1, -0.05) is 18.9 Å². The fourth-order valence-corrected chi connectivity index (χ4v) is 4.07. The summed E-state index contributed by atoms with van der Waals surface area (Å²) in [6.07, 6.45) is 10.8. The Morgan fingerprint density at radius 3 is 2.67 bits per heavy atom. The van der Waals surface area contributed by atoms with Crippen LogP contribution < -0.4 is 35.0 Å². The summed E-state index contributed by atoms with van der Waals surface area (Å²) in [7, 11) is 0. The predicted octanol–water partition coefficient (Wildman–Crippen LogP) is -1.37. The Hall–Kier alpha value is -2.97. The van der Waals surface area contributed by atoms with Crippen molar-refractivity contribution in [2.45, 2.75) is 51.1 Å². The molecule has 1 aliphatic heterocycles. The van der Waals surface area contributed by atoms with Crippen molar-refractivity contribution in [3.05, 3.63) is 48.2 Å². The average molecular weight is 487 g/mol. The summed E-state index contributed by atoms with van der Waals surface area (Å²) in [4.78, 5) is 29.0. The number of amides is 1. The monoisotopic (exact) mass is 487 g/mol. The molecular weight excluding hydrogens is 457 g/mol. The number of aromatic nitrogens is 5. The fourth-order valence-electron chi connectivity index (χ4n) is 4.07. The third-order valence-electron chi connectivity index (χ3n) is 5.99. The number of carbonyl (C=O) groups excluding carboxylic acids is 2. The maximum atomic E-state index is 12.9. The van der Waals surface area contributed by atoms with Crippen LogP contribution in [0, 0.1) is 0 Å². The number of carboxylic acid groups (broad SMARTS) is 1. The van der Waals surface area contributed by atoms with Gasteiger partial charge in [-0.05, 0) is 44.4 Å². The molecule has 1 saturated heterocycles. The standard InChI is InChI=1S/C24H31N7O4.Li/c25-10-3-1-2-4-11-30-15-17(14-26-30)19-6-5-7-20(27-19)23(32)28-21-16-31(29-22(21)24(33)34)18-8-12-35-13-9-18;/h5-7,14-16,18H,1-4,8-13,25H2,(H,28,32)(H,33,34);/q;+1/p-1. The summed E-state index contributed by atoms with van der Waals surface area (Å²) < 4.78 is 8.78. The molecule has 4 heterocycles. The minimum atomic E-state index is -1.46. The predicted molar refractivity (Wildman–Crippen MR) is 127 cm³/mol. The van der Waals surface area contributed by atoms with Crippen LogP contribution in [0.3, 0.4) is 0 Å². The summed E-state index contributed by atoms with van der Waals surface area (Å²) in [6.45, 7) is 2.67. The van der Waals surface area contributed by atoms with Crippen LogP contribution in [0.15, 0.2) is 36.8 Å². The van der Waals surface area contributed by atoms with Gasteiger partial charge in [-0.15, -0.1) is 0 Å². The number of nitrogens with two attached hydrogens (primary N) is 1. The Balaban J connectivity index is 0.00000361. The minimum absolute atomic E-state index is 0. The summed E-state index contributed by atoms with van der Waals surface area (Å²) in [5, 5.41) is 22.8. The molecule has 186 valence electrons. The second kappa shape index (κ2) is 13.4. The molecule has 1 aliphatic rings. The number of anilines is 1. The first-order valence-electron chi connectivity index (χ1n) is 11.9. The Kier molecular flexibility index (Phi) is 10.3. The zero-order chi connectivity index (χ0) is 24.6. The van der Waals surface area contributed by atoms with Gasteiger partial charge in [-0.3, -0.25) is 14.2 Å². The number of carboxylic acids is 1. The molecule has 3 aromatic heterocycles. The number of nitrogens with one attached hydrogen (secondary N) is 1. The number of hydrogen-bond acceptors (Lipinski definition) is 8. The molecule has 12 heteroatoms. The first-order valence-corrected chi connectivity index (χ1v) is 11.9. The van der Waals surface area contributed by atoms with Crippen molar-refractivity contribution in [2.24, 2.45) is 5.73 Å². The smallest absolute Gasteiger partial charge is 0.543 e. The molecule has 0 saturated carbocycles. The summed E-state index contributed by atoms with van der Waals surface area (Å²) in [5.74, 6) is -1.99. The zero-order valence-corrected chi connectivity index (χ0v) is 20.6. The van der Waals surface area contributed by atoms with Crippen LogP contribution in [0.4, 0.5) is 5.69 Å². The normalized spacial score (nSPS) is 13.8. The SMILES string of the molecule is NCCCCCCn1cc(-c2cccc(C(=O)Nc3cn(C4CCOCC4)nc3C(=O)[O-])n2)cn1.[Li+]. The van der Waals surface area contributed by atoms with E-state index < -0.39 is 11.9 Å². The Morgan fingerprint density at radius 1 is 1.14 bits per heavy atom. The van der Waals surface area contributed by atoms with E-state index in [1.807, 2.05) is 10.9 Å². The van der Waals surface area contributed by atoms with Crippen LogP contribution in [0.2, 0.25) is 0 Å². The van der Waals surface area contributed by atoms with Gasteiger partial charge in [-0.25, -0.2) is 4.98 Å². The molecule has 0 unspecified atom stereocenters. The molecule has 0 spiro atoms. The van der Waals surface area contributed by atoms with Crippen LogP contribution in [-0.2, 0) is 11.3 Å². The Bertz CT molecular complexity index is 1160. The van der Waals surface area contributed by atoms with E-state index in [2.05, 4.69) is 20.5 Å². The van der Waals surface area contributed by atoms with Gasteiger partial charge in [0.2, 0.25) is 0 Å². The largest absolute Gasteiger partial charge is 1.00 e. The number of aromatic carboxylic acids is 1. The third-order valence-corrected chi connectivity index (χ3v) is 5.99. The maximum absolute atomic E-state index is 12.9. The third kappa shape index (κ3) is 7.04. The van der Waals surface area contributed by atoms with Crippen LogP contribution in [0.1, 0.15) is 65.5 Å². The number of hydrogen-bond donors (Lipinski definition) is 2. The van der Waals surface area contributed by atoms with Gasteiger partial charge < -0.3 is 25.7 Å². The van der Waals surface area contributed by atoms with E-state index in [1.54, 1.807) is 29.1 Å². The minimum Gasteiger partial charge on any atom is -0.543 e. The number of aryl methyl sites for hydroxylation is 1. The number of ether oxygens (including phenoxy) is 1. The molecule has 3 aromatic rings. The van der Waals surface area contributed by atoms with Crippen molar-refractivity contribution in [3.8, 4) is 11.3 Å². The molecular formula is C24H30LiN7O4. The topological polar surface area (TPSA) is 153 Å². The molecule has 0 aliphatic carbocycles. The van der Waals surface area contributed by atoms with Gasteiger partial charge in [-0.2, -0.15) is 10.2 Å². The molecule has 11 nitrogen and oxygen atoms in total. The molecule has 0 bridgehead atoms. The molecule has 3 N–H and O–H groups in total. The van der Waals surface area contributed by atoms with Gasteiger partial charge >= 0.3 is 18.9 Å². The van der Waals surface area contributed by atoms with Crippen molar-refractivity contribution < 1.29 is 38.3 Å². The Labute approximate surface area is 221 Å². The van der Waals surface area contributed by atoms with E-state index in [9.17, 15) is 14.7 Å². The van der Waals surface area contributed by atoms with Crippen LogP contribution in [0.25, 0.3) is 11.3 Å². The summed E-state index contributed by atoms with van der Waals surface area (Å²) >= 11 is 0. The van der Waals surface area contributed by atoms with E-state index in [-0.39, 0.29) is 42.0 Å². The van der Waals surface area contributed by atoms with Crippen LogP contribution in [-0.4, -0.2) is 56.2 Å². The van der Waals surface area contributed by atoms with Crippen LogP contribution in [0.5, 0.6) is 0 Å². The van der Waals surface area contributed by atoms with Crippen molar-refractivity contribution in [3.63, 3.8) is 0 Å². The van der Waals surface area contributed by atoms with Crippen molar-refractivity contribution in [2.75, 3.05) is 25.1 Å². The van der Waals surface area contributed by atoms with Gasteiger partial charge in [0.15, 0.2) is 0 Å². The van der Waals surface area contributed by atoms with Crippen LogP contribution >= 0.6 is 0 Å². The van der Waals surface area contributed by atoms with E-state index in [0.29, 0.717) is 38.3 Å². The summed E-state index contributed by atoms with van der Waals surface area (Å²) in [5.41, 5.74) is 6.85. The molecule has 0 atom stereocenters. The first kappa shape index (κ1) is 27.6. The van der Waals surface area contributed by atoms with Crippen molar-refractivity contribution in [1.82, 2.24) is 24.5 Å². The second-order valence-electron chi connectivity index (χ2n) is 8.56. The van der Waals surface area contributed by atoms with Gasteiger partial charge in [0.05, 0.1) is 29.6 Å². The Morgan fingerprint density at radius 2 is 1.92 bits per heavy atom. The zero-order valence-electron chi connectivity index (χ0n) is 20.6. The van der Waals surface area contributed by atoms with E-state index >= 15 is 0 Å². The number of unbranched alkanes of at least 4 members (excludes halogenated alkanes) is 3. The van der Waals surface area contributed by atoms with E-state index in [4.69, 9.17) is 10.5 Å². The fraction of sp³-hybridized carbons (Fsp3) is 0.458. The van der Waals surface area contributed by atoms with Gasteiger partial charge in [0.1, 0.15) is 11.4 Å². The quantitative estimate of drug-likeness (QED) is 0.248. The van der Waals surface area contributed by atoms with E-state index in [0.717, 1.165) is 37.8 Å². The molecule has 0 aromatic carbocycles. The number of carbonyl (C=O) groups is 2. The number of pyridine rings is 1. The van der Waals surface area contributed by atoms with Gasteiger partial charge in [0.25, 0.3) is 5.91 Å². The van der Waals surface area contributed by atoms with Gasteiger partial charge in [0, 0.05) is 37.7 Å². The van der Waals surface area contributed by atoms with Crippen molar-refractivity contribution in [1.29, 1.82) is 0 Å². The number of rotatable bonds is 11. The molecule has 1 fully saturated rings. The first-order chi connectivity index (χ1) is 17.0. The summed E-state index contributed by atoms with van der Waals surface area (Å²) in [6, 6.07) is 5.11. The van der Waals surface area contributed by atoms with Crippen molar-refractivity contribution >= 4 is 17.6 Å². The average Bonchev–Trinajstić information content (AvgIpc) is 3.52. The second-order valence-corrected chi connectivity index (χ2v) is 8.56. The number of nitrogens with zero attached hydrogens (tertiary/aromatic N) is 5. The maximum Gasteiger partial charge on any atom is 1.00 e. The molecule has 0 radical (unpaired) electrons. The molecule has 36 heavy (non-hydrogen) atoms. The van der Waals surface area contributed by atoms with E-state index in [1.165, 1.54) is 6.20 Å². The molecule has 4 rings (SSSR count). The molecule has 1 amide bonds.